The number of hydrogen-bond donors (Lipinski definition) is 0. The van der Waals surface area contributed by atoms with Gasteiger partial charge in [-0.05, 0) is 34.7 Å². The number of fused-ring (bicyclic) bond motifs is 4. The lowest BCUT2D eigenvalue weighted by Gasteiger charge is -2.11. The maximum Gasteiger partial charge on any atom is 0.165 e. The van der Waals surface area contributed by atoms with E-state index >= 15 is 0 Å². The predicted molar refractivity (Wildman–Crippen MR) is 177 cm³/mol. The van der Waals surface area contributed by atoms with Crippen molar-refractivity contribution in [3.63, 3.8) is 0 Å². The molecule has 0 unspecified atom stereocenters. The minimum Gasteiger partial charge on any atom is -0.208 e. The molecule has 5 heteroatoms. The van der Waals surface area contributed by atoms with Crippen molar-refractivity contribution in [1.82, 2.24) is 15.0 Å². The molecule has 42 heavy (non-hydrogen) atoms. The molecule has 0 aliphatic heterocycles. The fourth-order valence-electron chi connectivity index (χ4n) is 5.52. The molecule has 0 saturated heterocycles. The van der Waals surface area contributed by atoms with Crippen LogP contribution in [0.5, 0.6) is 0 Å². The van der Waals surface area contributed by atoms with Crippen LogP contribution in [0.4, 0.5) is 0 Å². The van der Waals surface area contributed by atoms with E-state index in [0.29, 0.717) is 22.5 Å². The van der Waals surface area contributed by atoms with Gasteiger partial charge in [0.2, 0.25) is 0 Å². The van der Waals surface area contributed by atoms with E-state index in [4.69, 9.17) is 26.6 Å². The highest BCUT2D eigenvalue weighted by Crippen LogP contribution is 2.40. The molecule has 0 N–H and O–H groups in total. The van der Waals surface area contributed by atoms with Gasteiger partial charge in [0, 0.05) is 42.2 Å². The third kappa shape index (κ3) is 4.24. The lowest BCUT2D eigenvalue weighted by Crippen LogP contribution is -2.01. The van der Waals surface area contributed by atoms with Crippen LogP contribution < -0.4 is 0 Å². The fraction of sp³-hybridized carbons (Fsp3) is 0. The van der Waals surface area contributed by atoms with Crippen LogP contribution in [0, 0.1) is 0 Å². The van der Waals surface area contributed by atoms with Crippen LogP contribution in [0.2, 0.25) is 5.02 Å². The van der Waals surface area contributed by atoms with Gasteiger partial charge in [0.15, 0.2) is 17.5 Å². The Hall–Kier alpha value is -4.90. The molecule has 0 bridgehead atoms. The van der Waals surface area contributed by atoms with E-state index in [1.54, 1.807) is 11.3 Å². The molecule has 198 valence electrons. The summed E-state index contributed by atoms with van der Waals surface area (Å²) in [5, 5.41) is 5.12. The Morgan fingerprint density at radius 2 is 1.05 bits per heavy atom. The molecular formula is C37H22ClN3S. The van der Waals surface area contributed by atoms with E-state index in [-0.39, 0.29) is 0 Å². The second kappa shape index (κ2) is 10.2. The number of benzene rings is 6. The Kier molecular flexibility index (Phi) is 6.03. The molecule has 3 nitrogen and oxygen atoms in total. The van der Waals surface area contributed by atoms with E-state index < -0.39 is 0 Å². The second-order valence-electron chi connectivity index (χ2n) is 10.2. The van der Waals surface area contributed by atoms with Crippen LogP contribution in [0.1, 0.15) is 0 Å². The molecule has 2 aromatic heterocycles. The lowest BCUT2D eigenvalue weighted by molar-refractivity contribution is 1.08. The molecule has 0 spiro atoms. The topological polar surface area (TPSA) is 38.7 Å². The van der Waals surface area contributed by atoms with Crippen molar-refractivity contribution in [2.45, 2.75) is 0 Å². The maximum atomic E-state index is 7.01. The highest BCUT2D eigenvalue weighted by Gasteiger charge is 2.18. The third-order valence-corrected chi connectivity index (χ3v) is 9.26. The number of nitrogens with zero attached hydrogens (tertiary/aromatic N) is 3. The van der Waals surface area contributed by atoms with Gasteiger partial charge in [-0.15, -0.1) is 11.3 Å². The predicted octanol–water partition coefficient (Wildman–Crippen LogP) is 10.7. The SMILES string of the molecule is Clc1c(-c2nc(-c3ccc(-c4ccccc4)cc3)nc(-c3cccc4c3sc3ccccc34)n2)ccc2ccccc12. The number of halogens is 1. The van der Waals surface area contributed by atoms with Gasteiger partial charge in [-0.25, -0.2) is 15.0 Å². The normalized spacial score (nSPS) is 11.5. The molecule has 0 atom stereocenters. The Bertz CT molecular complexity index is 2260. The van der Waals surface area contributed by atoms with Gasteiger partial charge in [-0.2, -0.15) is 0 Å². The van der Waals surface area contributed by atoms with Gasteiger partial charge in [-0.1, -0.05) is 127 Å². The molecule has 8 aromatic rings. The van der Waals surface area contributed by atoms with Crippen molar-refractivity contribution in [3.8, 4) is 45.3 Å². The van der Waals surface area contributed by atoms with Crippen LogP contribution in [0.25, 0.3) is 76.2 Å². The fourth-order valence-corrected chi connectivity index (χ4v) is 7.05. The summed E-state index contributed by atoms with van der Waals surface area (Å²) in [4.78, 5) is 15.1. The molecule has 0 saturated carbocycles. The van der Waals surface area contributed by atoms with Crippen LogP contribution >= 0.6 is 22.9 Å². The molecule has 0 amide bonds. The van der Waals surface area contributed by atoms with Crippen molar-refractivity contribution in [2.75, 3.05) is 0 Å². The zero-order valence-electron chi connectivity index (χ0n) is 22.3. The molecule has 2 heterocycles. The first-order valence-electron chi connectivity index (χ1n) is 13.7. The van der Waals surface area contributed by atoms with Crippen molar-refractivity contribution < 1.29 is 0 Å². The van der Waals surface area contributed by atoms with Crippen LogP contribution in [-0.4, -0.2) is 15.0 Å². The number of aromatic nitrogens is 3. The van der Waals surface area contributed by atoms with Crippen molar-refractivity contribution >= 4 is 53.9 Å². The van der Waals surface area contributed by atoms with Crippen molar-refractivity contribution in [1.29, 1.82) is 0 Å². The number of rotatable bonds is 4. The summed E-state index contributed by atoms with van der Waals surface area (Å²) < 4.78 is 2.40. The van der Waals surface area contributed by atoms with Gasteiger partial charge in [0.25, 0.3) is 0 Å². The quantitative estimate of drug-likeness (QED) is 0.209. The van der Waals surface area contributed by atoms with Crippen LogP contribution in [-0.2, 0) is 0 Å². The first-order chi connectivity index (χ1) is 20.7. The summed E-state index contributed by atoms with van der Waals surface area (Å²) in [7, 11) is 0. The van der Waals surface area contributed by atoms with Gasteiger partial charge in [0.1, 0.15) is 0 Å². The van der Waals surface area contributed by atoms with Crippen molar-refractivity contribution in [2.24, 2.45) is 0 Å². The Morgan fingerprint density at radius 1 is 0.429 bits per heavy atom. The Morgan fingerprint density at radius 3 is 1.88 bits per heavy atom. The summed E-state index contributed by atoms with van der Waals surface area (Å²) in [6, 6.07) is 45.8. The monoisotopic (exact) mass is 575 g/mol. The molecule has 0 fully saturated rings. The van der Waals surface area contributed by atoms with Crippen molar-refractivity contribution in [3.05, 3.63) is 138 Å². The summed E-state index contributed by atoms with van der Waals surface area (Å²) in [6.45, 7) is 0. The van der Waals surface area contributed by atoms with Gasteiger partial charge < -0.3 is 0 Å². The summed E-state index contributed by atoms with van der Waals surface area (Å²) in [5.41, 5.74) is 4.99. The first-order valence-corrected chi connectivity index (χ1v) is 14.9. The van der Waals surface area contributed by atoms with E-state index in [2.05, 4.69) is 103 Å². The van der Waals surface area contributed by atoms with E-state index in [1.165, 1.54) is 21.0 Å². The molecule has 0 aliphatic carbocycles. The van der Waals surface area contributed by atoms with E-state index in [1.807, 2.05) is 30.3 Å². The summed E-state index contributed by atoms with van der Waals surface area (Å²) in [6.07, 6.45) is 0. The molecule has 0 aliphatic rings. The van der Waals surface area contributed by atoms with Crippen LogP contribution in [0.15, 0.2) is 133 Å². The average molecular weight is 576 g/mol. The lowest BCUT2D eigenvalue weighted by atomic mass is 10.0. The zero-order valence-corrected chi connectivity index (χ0v) is 23.9. The minimum atomic E-state index is 0.552. The standard InChI is InChI=1S/C37H22ClN3S/c38-33-27-12-5-4-11-25(27)21-22-30(33)36-39-35(26-19-17-24(18-20-26)23-9-2-1-3-10-23)40-37(41-36)31-15-8-14-29-28-13-6-7-16-32(28)42-34(29)31/h1-22H. The van der Waals surface area contributed by atoms with Crippen LogP contribution in [0.3, 0.4) is 0 Å². The smallest absolute Gasteiger partial charge is 0.165 e. The largest absolute Gasteiger partial charge is 0.208 e. The van der Waals surface area contributed by atoms with E-state index in [0.717, 1.165) is 37.7 Å². The summed E-state index contributed by atoms with van der Waals surface area (Å²) >= 11 is 8.78. The number of thiophene rings is 1. The maximum absolute atomic E-state index is 7.01. The first kappa shape index (κ1) is 24.9. The summed E-state index contributed by atoms with van der Waals surface area (Å²) in [5.74, 6) is 1.79. The zero-order chi connectivity index (χ0) is 28.0. The molecule has 0 radical (unpaired) electrons. The highest BCUT2D eigenvalue weighted by atomic mass is 35.5. The van der Waals surface area contributed by atoms with Gasteiger partial charge in [0.05, 0.1) is 5.02 Å². The third-order valence-electron chi connectivity index (χ3n) is 7.64. The second-order valence-corrected chi connectivity index (χ2v) is 11.6. The average Bonchev–Trinajstić information content (AvgIpc) is 3.44. The Labute approximate surface area is 251 Å². The Balaban J connectivity index is 1.35. The highest BCUT2D eigenvalue weighted by molar-refractivity contribution is 7.26. The van der Waals surface area contributed by atoms with Gasteiger partial charge >= 0.3 is 0 Å². The minimum absolute atomic E-state index is 0.552. The van der Waals surface area contributed by atoms with Gasteiger partial charge in [-0.3, -0.25) is 0 Å². The molecule has 8 rings (SSSR count). The van der Waals surface area contributed by atoms with E-state index in [9.17, 15) is 0 Å². The number of hydrogen-bond acceptors (Lipinski definition) is 4. The molecular weight excluding hydrogens is 554 g/mol. The molecule has 6 aromatic carbocycles.